The Kier molecular flexibility index (Phi) is 6.23. The SMILES string of the molecule is CCCC(CC)c1cnnn1C(CC)CCC. The van der Waals surface area contributed by atoms with E-state index in [1.165, 1.54) is 37.8 Å². The predicted molar refractivity (Wildman–Crippen MR) is 72.2 cm³/mol. The first kappa shape index (κ1) is 14.2. The first-order valence-corrected chi connectivity index (χ1v) is 7.18. The van der Waals surface area contributed by atoms with Crippen molar-refractivity contribution in [3.63, 3.8) is 0 Å². The Hall–Kier alpha value is -0.860. The van der Waals surface area contributed by atoms with Crippen molar-refractivity contribution in [3.05, 3.63) is 11.9 Å². The molecule has 0 fully saturated rings. The molecule has 0 aromatic carbocycles. The molecule has 3 nitrogen and oxygen atoms in total. The molecule has 1 heterocycles. The molecule has 0 aliphatic carbocycles. The van der Waals surface area contributed by atoms with Crippen molar-refractivity contribution in [1.82, 2.24) is 15.0 Å². The fraction of sp³-hybridized carbons (Fsp3) is 0.857. The van der Waals surface area contributed by atoms with Crippen molar-refractivity contribution in [2.24, 2.45) is 0 Å². The molecule has 98 valence electrons. The van der Waals surface area contributed by atoms with E-state index < -0.39 is 0 Å². The molecular formula is C14H27N3. The predicted octanol–water partition coefficient (Wildman–Crippen LogP) is 4.32. The van der Waals surface area contributed by atoms with Gasteiger partial charge in [-0.25, -0.2) is 4.68 Å². The van der Waals surface area contributed by atoms with E-state index in [2.05, 4.69) is 42.7 Å². The summed E-state index contributed by atoms with van der Waals surface area (Å²) in [5.74, 6) is 0.626. The average Bonchev–Trinajstić information content (AvgIpc) is 2.81. The lowest BCUT2D eigenvalue weighted by Crippen LogP contribution is -2.15. The van der Waals surface area contributed by atoms with Crippen LogP contribution in [0.15, 0.2) is 6.20 Å². The van der Waals surface area contributed by atoms with Gasteiger partial charge in [-0.05, 0) is 25.7 Å². The third kappa shape index (κ3) is 3.55. The van der Waals surface area contributed by atoms with Crippen LogP contribution >= 0.6 is 0 Å². The van der Waals surface area contributed by atoms with Crippen LogP contribution in [0.4, 0.5) is 0 Å². The maximum absolute atomic E-state index is 4.32. The van der Waals surface area contributed by atoms with Gasteiger partial charge in [0.25, 0.3) is 0 Å². The summed E-state index contributed by atoms with van der Waals surface area (Å²) < 4.78 is 2.19. The highest BCUT2D eigenvalue weighted by Crippen LogP contribution is 2.28. The minimum atomic E-state index is 0.531. The summed E-state index contributed by atoms with van der Waals surface area (Å²) in [7, 11) is 0. The van der Waals surface area contributed by atoms with Crippen molar-refractivity contribution in [1.29, 1.82) is 0 Å². The van der Waals surface area contributed by atoms with Gasteiger partial charge in [0.2, 0.25) is 0 Å². The minimum absolute atomic E-state index is 0.531. The molecule has 0 aliphatic rings. The highest BCUT2D eigenvalue weighted by molar-refractivity contribution is 5.04. The smallest absolute Gasteiger partial charge is 0.0728 e. The fourth-order valence-electron chi connectivity index (χ4n) is 2.57. The molecule has 0 aliphatic heterocycles. The Morgan fingerprint density at radius 1 is 1.06 bits per heavy atom. The van der Waals surface area contributed by atoms with E-state index in [0.29, 0.717) is 12.0 Å². The largest absolute Gasteiger partial charge is 0.246 e. The molecule has 0 amide bonds. The quantitative estimate of drug-likeness (QED) is 0.674. The van der Waals surface area contributed by atoms with Crippen LogP contribution < -0.4 is 0 Å². The Balaban J connectivity index is 2.89. The van der Waals surface area contributed by atoms with Gasteiger partial charge in [-0.3, -0.25) is 0 Å². The van der Waals surface area contributed by atoms with Crippen molar-refractivity contribution in [3.8, 4) is 0 Å². The minimum Gasteiger partial charge on any atom is -0.246 e. The van der Waals surface area contributed by atoms with Crippen molar-refractivity contribution >= 4 is 0 Å². The first-order valence-electron chi connectivity index (χ1n) is 7.18. The second-order valence-electron chi connectivity index (χ2n) is 4.85. The van der Waals surface area contributed by atoms with Gasteiger partial charge in [-0.1, -0.05) is 45.7 Å². The zero-order valence-corrected chi connectivity index (χ0v) is 11.8. The molecule has 0 radical (unpaired) electrons. The molecule has 0 saturated heterocycles. The zero-order valence-electron chi connectivity index (χ0n) is 11.8. The maximum Gasteiger partial charge on any atom is 0.0728 e. The van der Waals surface area contributed by atoms with Crippen LogP contribution in [0.3, 0.4) is 0 Å². The third-order valence-corrected chi connectivity index (χ3v) is 3.59. The highest BCUT2D eigenvalue weighted by Gasteiger charge is 2.19. The van der Waals surface area contributed by atoms with Crippen molar-refractivity contribution in [2.75, 3.05) is 0 Å². The van der Waals surface area contributed by atoms with E-state index >= 15 is 0 Å². The molecule has 0 spiro atoms. The lowest BCUT2D eigenvalue weighted by molar-refractivity contribution is 0.374. The molecule has 0 N–H and O–H groups in total. The van der Waals surface area contributed by atoms with Crippen molar-refractivity contribution < 1.29 is 0 Å². The van der Waals surface area contributed by atoms with Gasteiger partial charge in [-0.15, -0.1) is 5.10 Å². The molecule has 1 aromatic rings. The summed E-state index contributed by atoms with van der Waals surface area (Å²) in [6, 6.07) is 0.531. The highest BCUT2D eigenvalue weighted by atomic mass is 15.4. The molecule has 0 bridgehead atoms. The summed E-state index contributed by atoms with van der Waals surface area (Å²) in [4.78, 5) is 0. The van der Waals surface area contributed by atoms with Crippen LogP contribution in [0.2, 0.25) is 0 Å². The summed E-state index contributed by atoms with van der Waals surface area (Å²) >= 11 is 0. The Morgan fingerprint density at radius 3 is 2.29 bits per heavy atom. The van der Waals surface area contributed by atoms with Crippen LogP contribution in [0.5, 0.6) is 0 Å². The molecule has 17 heavy (non-hydrogen) atoms. The molecule has 0 saturated carbocycles. The lowest BCUT2D eigenvalue weighted by Gasteiger charge is -2.21. The molecule has 3 heteroatoms. The van der Waals surface area contributed by atoms with E-state index in [-0.39, 0.29) is 0 Å². The van der Waals surface area contributed by atoms with Crippen molar-refractivity contribution in [2.45, 2.75) is 78.2 Å². The lowest BCUT2D eigenvalue weighted by atomic mass is 9.96. The molecule has 2 atom stereocenters. The Bertz CT molecular complexity index is 278. The van der Waals surface area contributed by atoms with Gasteiger partial charge in [0.05, 0.1) is 17.9 Å². The van der Waals surface area contributed by atoms with E-state index in [0.717, 1.165) is 6.42 Å². The topological polar surface area (TPSA) is 30.7 Å². The summed E-state index contributed by atoms with van der Waals surface area (Å²) in [5, 5.41) is 8.46. The van der Waals surface area contributed by atoms with Gasteiger partial charge in [0, 0.05) is 5.92 Å². The van der Waals surface area contributed by atoms with Crippen LogP contribution in [0.25, 0.3) is 0 Å². The Morgan fingerprint density at radius 2 is 1.76 bits per heavy atom. The standard InChI is InChI=1S/C14H27N3/c1-5-9-12(7-3)14-11-15-16-17(14)13(8-4)10-6-2/h11-13H,5-10H2,1-4H3. The van der Waals surface area contributed by atoms with Gasteiger partial charge in [0.1, 0.15) is 0 Å². The van der Waals surface area contributed by atoms with Gasteiger partial charge in [-0.2, -0.15) is 0 Å². The molecular weight excluding hydrogens is 210 g/mol. The van der Waals surface area contributed by atoms with Gasteiger partial charge < -0.3 is 0 Å². The molecule has 1 aromatic heterocycles. The first-order chi connectivity index (χ1) is 8.28. The van der Waals surface area contributed by atoms with E-state index in [1.54, 1.807) is 0 Å². The van der Waals surface area contributed by atoms with Crippen LogP contribution in [-0.2, 0) is 0 Å². The summed E-state index contributed by atoms with van der Waals surface area (Å²) in [5.41, 5.74) is 1.34. The number of hydrogen-bond acceptors (Lipinski definition) is 2. The second-order valence-corrected chi connectivity index (χ2v) is 4.85. The maximum atomic E-state index is 4.32. The van der Waals surface area contributed by atoms with Gasteiger partial charge >= 0.3 is 0 Å². The average molecular weight is 237 g/mol. The third-order valence-electron chi connectivity index (χ3n) is 3.59. The fourth-order valence-corrected chi connectivity index (χ4v) is 2.57. The van der Waals surface area contributed by atoms with Gasteiger partial charge in [0.15, 0.2) is 0 Å². The summed E-state index contributed by atoms with van der Waals surface area (Å²) in [6.07, 6.45) is 9.19. The zero-order chi connectivity index (χ0) is 12.7. The molecule has 1 rings (SSSR count). The number of nitrogens with zero attached hydrogens (tertiary/aromatic N) is 3. The summed E-state index contributed by atoms with van der Waals surface area (Å²) in [6.45, 7) is 8.99. The Labute approximate surface area is 106 Å². The van der Waals surface area contributed by atoms with Crippen LogP contribution in [-0.4, -0.2) is 15.0 Å². The van der Waals surface area contributed by atoms with Crippen LogP contribution in [0, 0.1) is 0 Å². The number of hydrogen-bond donors (Lipinski definition) is 0. The number of rotatable bonds is 8. The van der Waals surface area contributed by atoms with E-state index in [4.69, 9.17) is 0 Å². The van der Waals surface area contributed by atoms with E-state index in [9.17, 15) is 0 Å². The molecule has 2 unspecified atom stereocenters. The van der Waals surface area contributed by atoms with Crippen LogP contribution in [0.1, 0.15) is 83.9 Å². The van der Waals surface area contributed by atoms with E-state index in [1.807, 2.05) is 6.20 Å². The second kappa shape index (κ2) is 7.46. The monoisotopic (exact) mass is 237 g/mol. The number of aromatic nitrogens is 3. The normalized spacial score (nSPS) is 14.8.